The molecule has 1 aliphatic carbocycles. The predicted octanol–water partition coefficient (Wildman–Crippen LogP) is 0.800. The van der Waals surface area contributed by atoms with Gasteiger partial charge in [-0.25, -0.2) is 0 Å². The second-order valence-corrected chi connectivity index (χ2v) is 4.92. The van der Waals surface area contributed by atoms with Crippen LogP contribution in [0.5, 0.6) is 11.5 Å². The molecular formula is C13H16N2O4. The van der Waals surface area contributed by atoms with E-state index in [1.54, 1.807) is 4.57 Å². The van der Waals surface area contributed by atoms with Crippen LogP contribution < -0.4 is 4.74 Å². The Bertz CT molecular complexity index is 573. The Hall–Kier alpha value is -1.95. The molecule has 6 heteroatoms. The maximum absolute atomic E-state index is 12.2. The van der Waals surface area contributed by atoms with Crippen LogP contribution in [-0.2, 0) is 6.54 Å². The molecule has 19 heavy (non-hydrogen) atoms. The third kappa shape index (κ3) is 1.79. The number of hydrogen-bond acceptors (Lipinski definition) is 4. The number of rotatable bonds is 1. The Labute approximate surface area is 110 Å². The first-order valence-corrected chi connectivity index (χ1v) is 6.27. The van der Waals surface area contributed by atoms with E-state index in [0.29, 0.717) is 30.8 Å². The van der Waals surface area contributed by atoms with E-state index in [-0.39, 0.29) is 17.4 Å². The van der Waals surface area contributed by atoms with Gasteiger partial charge < -0.3 is 24.7 Å². The lowest BCUT2D eigenvalue weighted by molar-refractivity contribution is -0.408. The van der Waals surface area contributed by atoms with Crippen LogP contribution >= 0.6 is 0 Å². The first-order valence-electron chi connectivity index (χ1n) is 6.27. The molecule has 0 fully saturated rings. The highest BCUT2D eigenvalue weighted by molar-refractivity contribution is 5.80. The number of aromatic nitrogens is 1. The second-order valence-electron chi connectivity index (χ2n) is 4.92. The molecule has 102 valence electrons. The molecule has 0 bridgehead atoms. The summed E-state index contributed by atoms with van der Waals surface area (Å²) in [7, 11) is 1.45. The number of aliphatic hydroxyl groups is 1. The fraction of sp³-hybridized carbons (Fsp3) is 0.462. The number of aromatic hydroxyl groups is 1. The van der Waals surface area contributed by atoms with Crippen molar-refractivity contribution < 1.29 is 19.7 Å². The van der Waals surface area contributed by atoms with Crippen LogP contribution in [0.1, 0.15) is 18.5 Å². The van der Waals surface area contributed by atoms with E-state index >= 15 is 0 Å². The van der Waals surface area contributed by atoms with Crippen molar-refractivity contribution in [3.8, 4) is 11.5 Å². The lowest BCUT2D eigenvalue weighted by Gasteiger charge is -2.25. The summed E-state index contributed by atoms with van der Waals surface area (Å²) in [4.78, 5) is 0. The molecule has 0 spiro atoms. The van der Waals surface area contributed by atoms with Crippen LogP contribution in [0.25, 0.3) is 0 Å². The molecule has 1 unspecified atom stereocenters. The number of hydroxylamine groups is 1. The van der Waals surface area contributed by atoms with Crippen LogP contribution in [0.2, 0.25) is 0 Å². The maximum Gasteiger partial charge on any atom is 0.208 e. The fourth-order valence-corrected chi connectivity index (χ4v) is 2.85. The lowest BCUT2D eigenvalue weighted by Crippen LogP contribution is -2.31. The molecule has 2 N–H and O–H groups in total. The highest BCUT2D eigenvalue weighted by Crippen LogP contribution is 2.36. The van der Waals surface area contributed by atoms with Crippen molar-refractivity contribution in [3.63, 3.8) is 0 Å². The minimum Gasteiger partial charge on any atom is -0.618 e. The van der Waals surface area contributed by atoms with Crippen LogP contribution in [0, 0.1) is 11.1 Å². The monoisotopic (exact) mass is 264 g/mol. The second kappa shape index (κ2) is 4.31. The fourth-order valence-electron chi connectivity index (χ4n) is 2.85. The zero-order valence-electron chi connectivity index (χ0n) is 10.6. The summed E-state index contributed by atoms with van der Waals surface area (Å²) < 4.78 is 7.64. The number of allylic oxidation sites excluding steroid dienone is 1. The van der Waals surface area contributed by atoms with Gasteiger partial charge in [-0.2, -0.15) is 4.74 Å². The van der Waals surface area contributed by atoms with Gasteiger partial charge in [0.2, 0.25) is 6.21 Å². The van der Waals surface area contributed by atoms with Gasteiger partial charge in [-0.05, 0) is 18.9 Å². The molecule has 2 atom stereocenters. The topological polar surface area (TPSA) is 80.7 Å². The summed E-state index contributed by atoms with van der Waals surface area (Å²) in [5, 5.41) is 32.0. The zero-order chi connectivity index (χ0) is 13.6. The molecule has 1 aromatic heterocycles. The van der Waals surface area contributed by atoms with Crippen LogP contribution in [-0.4, -0.2) is 38.9 Å². The van der Waals surface area contributed by atoms with E-state index in [1.807, 2.05) is 6.08 Å². The molecule has 1 aliphatic heterocycles. The Morgan fingerprint density at radius 3 is 3.05 bits per heavy atom. The number of nitrogens with zero attached hydrogens (tertiary/aromatic N) is 2. The third-order valence-electron chi connectivity index (χ3n) is 3.80. The van der Waals surface area contributed by atoms with E-state index < -0.39 is 6.10 Å². The SMILES string of the molecule is COc1c(O)cn2c1C=[N+]([O-])C1=CCCC(O)[C@H]1C2. The van der Waals surface area contributed by atoms with Gasteiger partial charge in [-0.1, -0.05) is 0 Å². The highest BCUT2D eigenvalue weighted by Gasteiger charge is 2.36. The Morgan fingerprint density at radius 2 is 2.32 bits per heavy atom. The lowest BCUT2D eigenvalue weighted by atomic mass is 9.89. The standard InChI is InChI=1S/C13H16N2O4/c1-19-13-10-6-15(18)9-3-2-4-11(16)8(9)5-14(10)7-12(13)17/h3,6-8,11,16-17H,2,4-5H2,1H3/t8-,11?/m0/s1. The molecule has 0 aromatic carbocycles. The molecule has 6 nitrogen and oxygen atoms in total. The smallest absolute Gasteiger partial charge is 0.208 e. The van der Waals surface area contributed by atoms with E-state index in [1.165, 1.54) is 19.5 Å². The third-order valence-corrected chi connectivity index (χ3v) is 3.80. The molecule has 0 saturated heterocycles. The number of hydrogen-bond donors (Lipinski definition) is 2. The van der Waals surface area contributed by atoms with Gasteiger partial charge in [-0.3, -0.25) is 0 Å². The van der Waals surface area contributed by atoms with Crippen molar-refractivity contribution in [2.24, 2.45) is 5.92 Å². The van der Waals surface area contributed by atoms with Gasteiger partial charge in [0.15, 0.2) is 22.9 Å². The molecular weight excluding hydrogens is 248 g/mol. The Balaban J connectivity index is 2.14. The summed E-state index contributed by atoms with van der Waals surface area (Å²) >= 11 is 0. The molecule has 0 radical (unpaired) electrons. The molecule has 2 aliphatic rings. The molecule has 0 saturated carbocycles. The molecule has 1 aromatic rings. The van der Waals surface area contributed by atoms with Crippen LogP contribution in [0.4, 0.5) is 0 Å². The largest absolute Gasteiger partial charge is 0.618 e. The minimum atomic E-state index is -0.536. The van der Waals surface area contributed by atoms with Crippen molar-refractivity contribution in [1.29, 1.82) is 0 Å². The Kier molecular flexibility index (Phi) is 2.74. The van der Waals surface area contributed by atoms with Crippen molar-refractivity contribution in [1.82, 2.24) is 4.57 Å². The summed E-state index contributed by atoms with van der Waals surface area (Å²) in [6.07, 6.45) is 5.62. The van der Waals surface area contributed by atoms with Crippen molar-refractivity contribution in [2.75, 3.05) is 7.11 Å². The highest BCUT2D eigenvalue weighted by atomic mass is 16.5. The zero-order valence-corrected chi connectivity index (χ0v) is 10.6. The van der Waals surface area contributed by atoms with Crippen molar-refractivity contribution >= 4 is 6.21 Å². The average molecular weight is 264 g/mol. The van der Waals surface area contributed by atoms with E-state index in [2.05, 4.69) is 0 Å². The van der Waals surface area contributed by atoms with Crippen LogP contribution in [0.15, 0.2) is 18.0 Å². The Morgan fingerprint density at radius 1 is 1.53 bits per heavy atom. The number of methoxy groups -OCH3 is 1. The average Bonchev–Trinajstić information content (AvgIpc) is 2.59. The molecule has 3 rings (SSSR count). The van der Waals surface area contributed by atoms with Gasteiger partial charge in [0, 0.05) is 6.54 Å². The first-order chi connectivity index (χ1) is 9.11. The summed E-state index contributed by atoms with van der Waals surface area (Å²) in [6, 6.07) is 0. The predicted molar refractivity (Wildman–Crippen MR) is 68.3 cm³/mol. The number of fused-ring (bicyclic) bond motifs is 2. The van der Waals surface area contributed by atoms with Gasteiger partial charge in [-0.15, -0.1) is 0 Å². The van der Waals surface area contributed by atoms with E-state index in [0.717, 1.165) is 4.74 Å². The van der Waals surface area contributed by atoms with Gasteiger partial charge in [0.05, 0.1) is 25.3 Å². The molecule has 2 heterocycles. The maximum atomic E-state index is 12.2. The summed E-state index contributed by atoms with van der Waals surface area (Å²) in [5.74, 6) is 0.0368. The van der Waals surface area contributed by atoms with E-state index in [4.69, 9.17) is 4.74 Å². The van der Waals surface area contributed by atoms with Crippen molar-refractivity contribution in [2.45, 2.75) is 25.5 Å². The first kappa shape index (κ1) is 12.1. The molecule has 0 amide bonds. The normalized spacial score (nSPS) is 25.8. The van der Waals surface area contributed by atoms with E-state index in [9.17, 15) is 15.4 Å². The summed E-state index contributed by atoms with van der Waals surface area (Å²) in [6.45, 7) is 0.453. The number of ether oxygens (including phenoxy) is 1. The van der Waals surface area contributed by atoms with Gasteiger partial charge >= 0.3 is 0 Å². The van der Waals surface area contributed by atoms with Crippen molar-refractivity contribution in [3.05, 3.63) is 28.9 Å². The minimum absolute atomic E-state index is 0.000112. The quantitative estimate of drug-likeness (QED) is 0.580. The van der Waals surface area contributed by atoms with Gasteiger partial charge in [0.1, 0.15) is 0 Å². The summed E-state index contributed by atoms with van der Waals surface area (Å²) in [5.41, 5.74) is 1.11. The number of aliphatic hydroxyl groups excluding tert-OH is 1. The van der Waals surface area contributed by atoms with Crippen LogP contribution in [0.3, 0.4) is 0 Å². The van der Waals surface area contributed by atoms with Gasteiger partial charge in [0.25, 0.3) is 0 Å².